The number of nitrogens with one attached hydrogen (secondary N) is 1. The Morgan fingerprint density at radius 2 is 1.81 bits per heavy atom. The zero-order valence-electron chi connectivity index (χ0n) is 13.8. The van der Waals surface area contributed by atoms with Crippen LogP contribution in [0, 0.1) is 0 Å². The van der Waals surface area contributed by atoms with Crippen LogP contribution in [0.4, 0.5) is 6.01 Å². The van der Waals surface area contributed by atoms with Crippen molar-refractivity contribution in [2.24, 2.45) is 5.10 Å². The summed E-state index contributed by atoms with van der Waals surface area (Å²) in [7, 11) is -4.20. The number of anilines is 1. The van der Waals surface area contributed by atoms with Crippen LogP contribution in [0.25, 0.3) is 11.1 Å². The van der Waals surface area contributed by atoms with Crippen molar-refractivity contribution < 1.29 is 22.4 Å². The summed E-state index contributed by atoms with van der Waals surface area (Å²) in [5.41, 5.74) is 2.67. The fraction of sp³-hybridized carbons (Fsp3) is 0.286. The van der Waals surface area contributed by atoms with Crippen molar-refractivity contribution in [1.82, 2.24) is 13.6 Å². The van der Waals surface area contributed by atoms with Gasteiger partial charge in [-0.2, -0.15) is 18.5 Å². The van der Waals surface area contributed by atoms with Gasteiger partial charge in [0.25, 0.3) is 11.8 Å². The lowest BCUT2D eigenvalue weighted by molar-refractivity contribution is -0.126. The van der Waals surface area contributed by atoms with Gasteiger partial charge in [0.05, 0.1) is 0 Å². The number of fused-ring (bicyclic) bond motifs is 1. The molecule has 0 atom stereocenters. The molecule has 0 unspecified atom stereocenters. The molecule has 0 bridgehead atoms. The predicted molar refractivity (Wildman–Crippen MR) is 93.8 cm³/mol. The normalized spacial score (nSPS) is 17.1. The van der Waals surface area contributed by atoms with Gasteiger partial charge in [0, 0.05) is 24.2 Å². The zero-order valence-corrected chi connectivity index (χ0v) is 15.3. The van der Waals surface area contributed by atoms with Gasteiger partial charge in [-0.1, -0.05) is 11.6 Å². The van der Waals surface area contributed by atoms with Crippen molar-refractivity contribution in [2.75, 3.05) is 18.5 Å². The van der Waals surface area contributed by atoms with Gasteiger partial charge in [-0.15, -0.1) is 0 Å². The summed E-state index contributed by atoms with van der Waals surface area (Å²) in [5, 5.41) is 4.18. The first-order valence-corrected chi connectivity index (χ1v) is 9.36. The molecular formula is C14H14ClN5O5S. The standard InChI is InChI=1S/C14H14ClN5O5S/c1-3-19-12(21)11(13(22)20(4-2)26(19,23)24)17-18-14-16-9-6-5-8(15)7-10(9)25-14/h5-7H,3-4H2,1-2H3,(H,16,18). The van der Waals surface area contributed by atoms with E-state index in [2.05, 4.69) is 15.5 Å². The minimum atomic E-state index is -4.20. The van der Waals surface area contributed by atoms with Gasteiger partial charge in [0.2, 0.25) is 5.71 Å². The SMILES string of the molecule is CCN1C(=O)C(=NNc2nc3ccc(Cl)cc3o2)C(=O)N(CC)S1(=O)=O. The van der Waals surface area contributed by atoms with Crippen LogP contribution < -0.4 is 5.43 Å². The highest BCUT2D eigenvalue weighted by atomic mass is 35.5. The van der Waals surface area contributed by atoms with Gasteiger partial charge < -0.3 is 4.42 Å². The number of hydrazone groups is 1. The molecule has 138 valence electrons. The maximum atomic E-state index is 12.3. The molecule has 1 aliphatic heterocycles. The highest BCUT2D eigenvalue weighted by molar-refractivity contribution is 7.88. The van der Waals surface area contributed by atoms with E-state index in [-0.39, 0.29) is 19.1 Å². The molecule has 0 radical (unpaired) electrons. The summed E-state index contributed by atoms with van der Waals surface area (Å²) < 4.78 is 31.0. The van der Waals surface area contributed by atoms with Crippen LogP contribution in [0.5, 0.6) is 0 Å². The molecule has 1 fully saturated rings. The van der Waals surface area contributed by atoms with E-state index in [0.29, 0.717) is 24.7 Å². The molecule has 3 rings (SSSR count). The van der Waals surface area contributed by atoms with Crippen molar-refractivity contribution >= 4 is 56.5 Å². The minimum Gasteiger partial charge on any atom is -0.422 e. The van der Waals surface area contributed by atoms with Crippen molar-refractivity contribution in [3.05, 3.63) is 23.2 Å². The van der Waals surface area contributed by atoms with Gasteiger partial charge in [0.15, 0.2) is 5.58 Å². The molecule has 2 heterocycles. The summed E-state index contributed by atoms with van der Waals surface area (Å²) in [6.45, 7) is 2.69. The molecule has 12 heteroatoms. The summed E-state index contributed by atoms with van der Waals surface area (Å²) in [6.07, 6.45) is 0. The van der Waals surface area contributed by atoms with Crippen LogP contribution in [0.3, 0.4) is 0 Å². The molecule has 2 amide bonds. The fourth-order valence-electron chi connectivity index (χ4n) is 2.42. The molecular weight excluding hydrogens is 386 g/mol. The lowest BCUT2D eigenvalue weighted by Gasteiger charge is -2.33. The third-order valence-corrected chi connectivity index (χ3v) is 5.80. The number of halogens is 1. The van der Waals surface area contributed by atoms with E-state index in [4.69, 9.17) is 16.0 Å². The molecule has 10 nitrogen and oxygen atoms in total. The van der Waals surface area contributed by atoms with Gasteiger partial charge in [-0.25, -0.2) is 14.0 Å². The van der Waals surface area contributed by atoms with E-state index in [1.54, 1.807) is 18.2 Å². The van der Waals surface area contributed by atoms with Crippen molar-refractivity contribution in [2.45, 2.75) is 13.8 Å². The third kappa shape index (κ3) is 2.88. The fourth-order valence-corrected chi connectivity index (χ4v) is 4.06. The largest absolute Gasteiger partial charge is 0.422 e. The molecule has 0 spiro atoms. The van der Waals surface area contributed by atoms with Gasteiger partial charge in [0.1, 0.15) is 5.52 Å². The lowest BCUT2D eigenvalue weighted by Crippen LogP contribution is -2.60. The minimum absolute atomic E-state index is 0.0742. The van der Waals surface area contributed by atoms with Crippen LogP contribution >= 0.6 is 11.6 Å². The number of hydrogen-bond donors (Lipinski definition) is 1. The highest BCUT2D eigenvalue weighted by Crippen LogP contribution is 2.23. The van der Waals surface area contributed by atoms with Crippen LogP contribution in [-0.2, 0) is 19.8 Å². The van der Waals surface area contributed by atoms with Crippen molar-refractivity contribution in [3.8, 4) is 0 Å². The number of carbonyl (C=O) groups is 2. The maximum absolute atomic E-state index is 12.3. The number of hydrogen-bond acceptors (Lipinski definition) is 8. The highest BCUT2D eigenvalue weighted by Gasteiger charge is 2.46. The Bertz CT molecular complexity index is 1000. The second-order valence-corrected chi connectivity index (χ2v) is 7.36. The van der Waals surface area contributed by atoms with Crippen LogP contribution in [0.15, 0.2) is 27.7 Å². The number of nitrogens with zero attached hydrogens (tertiary/aromatic N) is 4. The number of oxazole rings is 1. The van der Waals surface area contributed by atoms with E-state index in [1.807, 2.05) is 0 Å². The van der Waals surface area contributed by atoms with E-state index < -0.39 is 27.7 Å². The van der Waals surface area contributed by atoms with Gasteiger partial charge in [-0.05, 0) is 26.0 Å². The first-order valence-electron chi connectivity index (χ1n) is 7.58. The molecule has 26 heavy (non-hydrogen) atoms. The second kappa shape index (κ2) is 6.57. The second-order valence-electron chi connectivity index (χ2n) is 5.15. The third-order valence-electron chi connectivity index (χ3n) is 3.60. The Balaban J connectivity index is 1.95. The van der Waals surface area contributed by atoms with Crippen molar-refractivity contribution in [3.63, 3.8) is 0 Å². The summed E-state index contributed by atoms with van der Waals surface area (Å²) in [6, 6.07) is 4.72. The first-order chi connectivity index (χ1) is 12.3. The average molecular weight is 400 g/mol. The zero-order chi connectivity index (χ0) is 19.1. The van der Waals surface area contributed by atoms with E-state index in [1.165, 1.54) is 13.8 Å². The Morgan fingerprint density at radius 1 is 1.19 bits per heavy atom. The summed E-state index contributed by atoms with van der Waals surface area (Å²) in [5.74, 6) is -2.04. The van der Waals surface area contributed by atoms with Gasteiger partial charge in [-0.3, -0.25) is 9.59 Å². The Labute approximate surface area is 153 Å². The molecule has 1 aliphatic rings. The topological polar surface area (TPSA) is 125 Å². The van der Waals surface area contributed by atoms with Crippen LogP contribution in [0.2, 0.25) is 5.02 Å². The molecule has 1 N–H and O–H groups in total. The van der Waals surface area contributed by atoms with E-state index >= 15 is 0 Å². The Kier molecular flexibility index (Phi) is 4.59. The Hall–Kier alpha value is -2.66. The number of amides is 2. The van der Waals surface area contributed by atoms with Crippen LogP contribution in [-0.4, -0.2) is 52.6 Å². The smallest absolute Gasteiger partial charge is 0.331 e. The number of benzene rings is 1. The number of aromatic nitrogens is 1. The molecule has 1 aromatic heterocycles. The van der Waals surface area contributed by atoms with E-state index in [9.17, 15) is 18.0 Å². The maximum Gasteiger partial charge on any atom is 0.331 e. The van der Waals surface area contributed by atoms with Crippen molar-refractivity contribution in [1.29, 1.82) is 0 Å². The summed E-state index contributed by atoms with van der Waals surface area (Å²) >= 11 is 5.86. The molecule has 0 aliphatic carbocycles. The Morgan fingerprint density at radius 3 is 2.38 bits per heavy atom. The van der Waals surface area contributed by atoms with E-state index in [0.717, 1.165) is 0 Å². The molecule has 1 saturated heterocycles. The molecule has 0 saturated carbocycles. The number of rotatable bonds is 4. The first kappa shape index (κ1) is 18.1. The summed E-state index contributed by atoms with van der Waals surface area (Å²) in [4.78, 5) is 28.8. The predicted octanol–water partition coefficient (Wildman–Crippen LogP) is 1.20. The monoisotopic (exact) mass is 399 g/mol. The van der Waals surface area contributed by atoms with Crippen LogP contribution in [0.1, 0.15) is 13.8 Å². The lowest BCUT2D eigenvalue weighted by atomic mass is 10.3. The van der Waals surface area contributed by atoms with Gasteiger partial charge >= 0.3 is 16.2 Å². The molecule has 2 aromatic rings. The average Bonchev–Trinajstić information content (AvgIpc) is 2.96. The quantitative estimate of drug-likeness (QED) is 0.765. The molecule has 1 aromatic carbocycles. The number of carbonyl (C=O) groups excluding carboxylic acids is 2.